The number of hydrogen-bond acceptors (Lipinski definition) is 5. The van der Waals surface area contributed by atoms with Crippen molar-refractivity contribution in [2.75, 3.05) is 13.2 Å². The molecule has 0 spiro atoms. The summed E-state index contributed by atoms with van der Waals surface area (Å²) in [6.45, 7) is -0.478. The molecular weight excluding hydrogens is 306 g/mol. The summed E-state index contributed by atoms with van der Waals surface area (Å²) in [5.74, 6) is 1.19. The monoisotopic (exact) mass is 317 g/mol. The standard InChI is InChI=1S/C15H11NO5S/c1-2-7-16-14(19)12(22-15(16)20)8-10-3-5-11(6-4-10)21-9-13(17)18/h1,3-6,8H,7,9H2,(H,17,18)/b12-8-. The number of thioether (sulfide) groups is 1. The van der Waals surface area contributed by atoms with Crippen LogP contribution >= 0.6 is 11.8 Å². The maximum absolute atomic E-state index is 12.0. The van der Waals surface area contributed by atoms with Gasteiger partial charge in [0.1, 0.15) is 5.75 Å². The number of carbonyl (C=O) groups is 3. The highest BCUT2D eigenvalue weighted by molar-refractivity contribution is 8.18. The van der Waals surface area contributed by atoms with E-state index >= 15 is 0 Å². The van der Waals surface area contributed by atoms with Crippen molar-refractivity contribution in [2.24, 2.45) is 0 Å². The van der Waals surface area contributed by atoms with Crippen molar-refractivity contribution >= 4 is 35.0 Å². The molecule has 0 aromatic heterocycles. The third-order valence-corrected chi connectivity index (χ3v) is 3.57. The van der Waals surface area contributed by atoms with E-state index in [1.807, 2.05) is 0 Å². The number of imide groups is 1. The van der Waals surface area contributed by atoms with Crippen LogP contribution in [-0.2, 0) is 9.59 Å². The fourth-order valence-electron chi connectivity index (χ4n) is 1.68. The highest BCUT2D eigenvalue weighted by atomic mass is 32.2. The molecule has 1 aliphatic rings. The van der Waals surface area contributed by atoms with Gasteiger partial charge in [-0.05, 0) is 35.5 Å². The lowest BCUT2D eigenvalue weighted by Gasteiger charge is -2.06. The largest absolute Gasteiger partial charge is 0.482 e. The molecule has 1 aromatic rings. The quantitative estimate of drug-likeness (QED) is 0.659. The predicted molar refractivity (Wildman–Crippen MR) is 81.1 cm³/mol. The van der Waals surface area contributed by atoms with Crippen molar-refractivity contribution < 1.29 is 24.2 Å². The number of carbonyl (C=O) groups excluding carboxylic acids is 2. The lowest BCUT2D eigenvalue weighted by molar-refractivity contribution is -0.139. The van der Waals surface area contributed by atoms with Crippen molar-refractivity contribution in [2.45, 2.75) is 0 Å². The SMILES string of the molecule is C#CCN1C(=O)S/C(=C\c2ccc(OCC(=O)O)cc2)C1=O. The zero-order valence-electron chi connectivity index (χ0n) is 11.3. The Labute approximate surface area is 130 Å². The van der Waals surface area contributed by atoms with Crippen molar-refractivity contribution in [3.05, 3.63) is 34.7 Å². The van der Waals surface area contributed by atoms with Gasteiger partial charge >= 0.3 is 5.97 Å². The summed E-state index contributed by atoms with van der Waals surface area (Å²) in [5.41, 5.74) is 0.689. The molecule has 1 aliphatic heterocycles. The van der Waals surface area contributed by atoms with Crippen LogP contribution in [0.2, 0.25) is 0 Å². The Bertz CT molecular complexity index is 687. The van der Waals surface area contributed by atoms with Gasteiger partial charge in [-0.25, -0.2) is 4.79 Å². The van der Waals surface area contributed by atoms with Crippen LogP contribution in [0.5, 0.6) is 5.75 Å². The molecule has 1 N–H and O–H groups in total. The van der Waals surface area contributed by atoms with Gasteiger partial charge in [-0.3, -0.25) is 14.5 Å². The molecule has 1 saturated heterocycles. The lowest BCUT2D eigenvalue weighted by Crippen LogP contribution is -2.28. The Morgan fingerprint density at radius 2 is 2.05 bits per heavy atom. The molecular formula is C15H11NO5S. The normalized spacial score (nSPS) is 16.0. The number of nitrogens with zero attached hydrogens (tertiary/aromatic N) is 1. The molecule has 0 atom stereocenters. The Morgan fingerprint density at radius 3 is 2.64 bits per heavy atom. The molecule has 0 saturated carbocycles. The summed E-state index contributed by atoms with van der Waals surface area (Å²) >= 11 is 0.829. The van der Waals surface area contributed by atoms with Crippen LogP contribution in [0.1, 0.15) is 5.56 Å². The summed E-state index contributed by atoms with van der Waals surface area (Å²) in [6, 6.07) is 6.49. The van der Waals surface area contributed by atoms with E-state index in [1.54, 1.807) is 30.3 Å². The first-order chi connectivity index (χ1) is 10.5. The zero-order chi connectivity index (χ0) is 16.1. The molecule has 0 radical (unpaired) electrons. The average molecular weight is 317 g/mol. The summed E-state index contributed by atoms with van der Waals surface area (Å²) in [6.07, 6.45) is 6.69. The highest BCUT2D eigenvalue weighted by Gasteiger charge is 2.34. The first kappa shape index (κ1) is 15.7. The topological polar surface area (TPSA) is 83.9 Å². The number of carboxylic acids is 1. The second-order valence-electron chi connectivity index (χ2n) is 4.22. The smallest absolute Gasteiger partial charge is 0.341 e. The molecule has 0 aliphatic carbocycles. The minimum atomic E-state index is -1.06. The third-order valence-electron chi connectivity index (χ3n) is 2.66. The zero-order valence-corrected chi connectivity index (χ0v) is 12.1. The molecule has 22 heavy (non-hydrogen) atoms. The molecule has 6 nitrogen and oxygen atoms in total. The van der Waals surface area contributed by atoms with Gasteiger partial charge in [0.05, 0.1) is 11.4 Å². The van der Waals surface area contributed by atoms with Crippen LogP contribution in [0.3, 0.4) is 0 Å². The molecule has 7 heteroatoms. The van der Waals surface area contributed by atoms with E-state index in [0.717, 1.165) is 16.7 Å². The minimum absolute atomic E-state index is 0.0516. The number of hydrogen-bond donors (Lipinski definition) is 1. The lowest BCUT2D eigenvalue weighted by atomic mass is 10.2. The first-order valence-electron chi connectivity index (χ1n) is 6.14. The van der Waals surface area contributed by atoms with Crippen LogP contribution < -0.4 is 4.74 Å². The van der Waals surface area contributed by atoms with Gasteiger partial charge in [0, 0.05) is 0 Å². The van der Waals surface area contributed by atoms with Crippen LogP contribution in [0.15, 0.2) is 29.2 Å². The molecule has 0 unspecified atom stereocenters. The molecule has 1 fully saturated rings. The van der Waals surface area contributed by atoms with Crippen molar-refractivity contribution in [1.29, 1.82) is 0 Å². The van der Waals surface area contributed by atoms with Gasteiger partial charge in [-0.15, -0.1) is 6.42 Å². The maximum Gasteiger partial charge on any atom is 0.341 e. The number of amides is 2. The van der Waals surface area contributed by atoms with E-state index in [4.69, 9.17) is 16.3 Å². The van der Waals surface area contributed by atoms with E-state index in [0.29, 0.717) is 16.2 Å². The van der Waals surface area contributed by atoms with Gasteiger partial charge in [-0.2, -0.15) is 0 Å². The average Bonchev–Trinajstić information content (AvgIpc) is 2.74. The van der Waals surface area contributed by atoms with Crippen molar-refractivity contribution in [3.8, 4) is 18.1 Å². The molecule has 2 rings (SSSR count). The fraction of sp³-hybridized carbons (Fsp3) is 0.133. The first-order valence-corrected chi connectivity index (χ1v) is 6.96. The Kier molecular flexibility index (Phi) is 4.86. The van der Waals surface area contributed by atoms with E-state index in [1.165, 1.54) is 0 Å². The molecule has 1 heterocycles. The second kappa shape index (κ2) is 6.83. The number of rotatable bonds is 5. The summed E-state index contributed by atoms with van der Waals surface area (Å²) in [5, 5.41) is 8.12. The number of benzene rings is 1. The van der Waals surface area contributed by atoms with Crippen molar-refractivity contribution in [3.63, 3.8) is 0 Å². The number of carboxylic acid groups (broad SMARTS) is 1. The summed E-state index contributed by atoms with van der Waals surface area (Å²) < 4.78 is 5.00. The predicted octanol–water partition coefficient (Wildman–Crippen LogP) is 1.82. The fourth-order valence-corrected chi connectivity index (χ4v) is 2.52. The van der Waals surface area contributed by atoms with Gasteiger partial charge in [0.25, 0.3) is 11.1 Å². The van der Waals surface area contributed by atoms with E-state index in [-0.39, 0.29) is 6.54 Å². The van der Waals surface area contributed by atoms with Crippen LogP contribution in [0.25, 0.3) is 6.08 Å². The molecule has 112 valence electrons. The highest BCUT2D eigenvalue weighted by Crippen LogP contribution is 2.32. The third kappa shape index (κ3) is 3.68. The Hall–Kier alpha value is -2.72. The minimum Gasteiger partial charge on any atom is -0.482 e. The van der Waals surface area contributed by atoms with E-state index in [2.05, 4.69) is 5.92 Å². The number of terminal acetylenes is 1. The number of aliphatic carboxylic acids is 1. The van der Waals surface area contributed by atoms with Crippen LogP contribution in [0, 0.1) is 12.3 Å². The van der Waals surface area contributed by atoms with Crippen LogP contribution in [-0.4, -0.2) is 40.3 Å². The molecule has 2 amide bonds. The van der Waals surface area contributed by atoms with Gasteiger partial charge in [0.2, 0.25) is 0 Å². The molecule has 1 aromatic carbocycles. The van der Waals surface area contributed by atoms with Crippen LogP contribution in [0.4, 0.5) is 4.79 Å². The summed E-state index contributed by atoms with van der Waals surface area (Å²) in [4.78, 5) is 35.3. The Balaban J connectivity index is 2.10. The number of ether oxygens (including phenoxy) is 1. The Morgan fingerprint density at radius 1 is 1.36 bits per heavy atom. The second-order valence-corrected chi connectivity index (χ2v) is 5.22. The summed E-state index contributed by atoms with van der Waals surface area (Å²) in [7, 11) is 0. The van der Waals surface area contributed by atoms with Gasteiger partial charge in [0.15, 0.2) is 6.61 Å². The van der Waals surface area contributed by atoms with E-state index in [9.17, 15) is 14.4 Å². The van der Waals surface area contributed by atoms with Gasteiger partial charge < -0.3 is 9.84 Å². The van der Waals surface area contributed by atoms with Crippen molar-refractivity contribution in [1.82, 2.24) is 4.90 Å². The maximum atomic E-state index is 12.0. The molecule has 0 bridgehead atoms. The van der Waals surface area contributed by atoms with Gasteiger partial charge in [-0.1, -0.05) is 18.1 Å². The van der Waals surface area contributed by atoms with E-state index < -0.39 is 23.7 Å².